The molecule has 4 rings (SSSR count). The molecule has 31 heavy (non-hydrogen) atoms. The molecule has 0 fully saturated rings. The number of nitrogens with zero attached hydrogens (tertiary/aromatic N) is 1. The molecule has 0 atom stereocenters. The van der Waals surface area contributed by atoms with Crippen LogP contribution < -0.4 is 4.90 Å². The number of benzene rings is 4. The Morgan fingerprint density at radius 1 is 0.548 bits per heavy atom. The minimum atomic E-state index is -0.261. The quantitative estimate of drug-likeness (QED) is 0.337. The minimum Gasteiger partial charge on any atom is -0.362 e. The van der Waals surface area contributed by atoms with Gasteiger partial charge in [0.25, 0.3) is 0 Å². The zero-order valence-electron chi connectivity index (χ0n) is 16.9. The van der Waals surface area contributed by atoms with Gasteiger partial charge in [-0.15, -0.1) is 0 Å². The summed E-state index contributed by atoms with van der Waals surface area (Å²) >= 11 is 0. The van der Waals surface area contributed by atoms with Crippen molar-refractivity contribution in [3.8, 4) is 11.8 Å². The van der Waals surface area contributed by atoms with E-state index in [4.69, 9.17) is 0 Å². The van der Waals surface area contributed by atoms with E-state index in [1.807, 2.05) is 54.6 Å². The third-order valence-corrected chi connectivity index (χ3v) is 4.93. The second kappa shape index (κ2) is 9.73. The Morgan fingerprint density at radius 2 is 1.06 bits per heavy atom. The standard InChI is InChI=1S/C28H21F2N/c29-26-16-11-23(12-17-26)20-31(21-24-13-18-27(30)19-14-24)28-9-5-4-8-25(28)15-10-22-6-2-1-3-7-22/h1-9,11-14,16-19H,20-21H2. The summed E-state index contributed by atoms with van der Waals surface area (Å²) in [6.45, 7) is 1.14. The molecular formula is C28H21F2N. The molecule has 0 aromatic heterocycles. The smallest absolute Gasteiger partial charge is 0.123 e. The van der Waals surface area contributed by atoms with Crippen LogP contribution >= 0.6 is 0 Å². The summed E-state index contributed by atoms with van der Waals surface area (Å²) < 4.78 is 26.8. The molecule has 0 unspecified atom stereocenters. The average Bonchev–Trinajstić information content (AvgIpc) is 2.81. The summed E-state index contributed by atoms with van der Waals surface area (Å²) in [5, 5.41) is 0. The van der Waals surface area contributed by atoms with Gasteiger partial charge in [0.1, 0.15) is 11.6 Å². The van der Waals surface area contributed by atoms with Gasteiger partial charge in [-0.25, -0.2) is 8.78 Å². The summed E-state index contributed by atoms with van der Waals surface area (Å²) in [6.07, 6.45) is 0. The fourth-order valence-electron chi connectivity index (χ4n) is 3.36. The summed E-state index contributed by atoms with van der Waals surface area (Å²) in [5.41, 5.74) is 4.78. The highest BCUT2D eigenvalue weighted by Crippen LogP contribution is 2.24. The molecule has 1 nitrogen and oxygen atoms in total. The van der Waals surface area contributed by atoms with Gasteiger partial charge in [0.05, 0.1) is 5.69 Å². The number of hydrogen-bond donors (Lipinski definition) is 0. The highest BCUT2D eigenvalue weighted by Gasteiger charge is 2.12. The molecule has 0 aliphatic rings. The minimum absolute atomic E-state index is 0.261. The highest BCUT2D eigenvalue weighted by atomic mass is 19.1. The molecule has 0 N–H and O–H groups in total. The number of halogens is 2. The summed E-state index contributed by atoms with van der Waals surface area (Å²) in [5.74, 6) is 5.99. The topological polar surface area (TPSA) is 3.24 Å². The first-order chi connectivity index (χ1) is 15.2. The van der Waals surface area contributed by atoms with Crippen molar-refractivity contribution in [2.45, 2.75) is 13.1 Å². The van der Waals surface area contributed by atoms with Crippen LogP contribution in [-0.2, 0) is 13.1 Å². The predicted molar refractivity (Wildman–Crippen MR) is 122 cm³/mol. The van der Waals surface area contributed by atoms with Crippen molar-refractivity contribution >= 4 is 5.69 Å². The van der Waals surface area contributed by atoms with Gasteiger partial charge in [-0.05, 0) is 59.7 Å². The predicted octanol–water partition coefficient (Wildman–Crippen LogP) is 6.57. The zero-order valence-corrected chi connectivity index (χ0v) is 16.9. The van der Waals surface area contributed by atoms with Crippen molar-refractivity contribution < 1.29 is 8.78 Å². The number of rotatable bonds is 5. The van der Waals surface area contributed by atoms with Crippen molar-refractivity contribution in [1.29, 1.82) is 0 Å². The lowest BCUT2D eigenvalue weighted by Crippen LogP contribution is -2.23. The summed E-state index contributed by atoms with van der Waals surface area (Å²) in [4.78, 5) is 2.18. The van der Waals surface area contributed by atoms with Crippen LogP contribution in [0.2, 0.25) is 0 Å². The van der Waals surface area contributed by atoms with E-state index in [-0.39, 0.29) is 11.6 Å². The second-order valence-electron chi connectivity index (χ2n) is 7.24. The SMILES string of the molecule is Fc1ccc(CN(Cc2ccc(F)cc2)c2ccccc2C#Cc2ccccc2)cc1. The van der Waals surface area contributed by atoms with E-state index in [9.17, 15) is 8.78 Å². The first-order valence-corrected chi connectivity index (χ1v) is 10.1. The third kappa shape index (κ3) is 5.58. The Morgan fingerprint density at radius 3 is 1.65 bits per heavy atom. The maximum atomic E-state index is 13.4. The molecule has 0 amide bonds. The van der Waals surface area contributed by atoms with Crippen molar-refractivity contribution in [2.75, 3.05) is 4.90 Å². The van der Waals surface area contributed by atoms with Crippen LogP contribution in [0, 0.1) is 23.5 Å². The van der Waals surface area contributed by atoms with Crippen LogP contribution in [0.25, 0.3) is 0 Å². The Hall–Kier alpha value is -3.90. The highest BCUT2D eigenvalue weighted by molar-refractivity contribution is 5.62. The molecule has 0 aliphatic carbocycles. The van der Waals surface area contributed by atoms with Crippen LogP contribution in [0.3, 0.4) is 0 Å². The molecule has 0 aliphatic heterocycles. The summed E-state index contributed by atoms with van der Waals surface area (Å²) in [6, 6.07) is 30.8. The van der Waals surface area contributed by atoms with Crippen molar-refractivity contribution in [3.63, 3.8) is 0 Å². The van der Waals surface area contributed by atoms with Gasteiger partial charge in [0.2, 0.25) is 0 Å². The molecule has 3 heteroatoms. The maximum absolute atomic E-state index is 13.4. The molecule has 0 radical (unpaired) electrons. The second-order valence-corrected chi connectivity index (χ2v) is 7.24. The van der Waals surface area contributed by atoms with Crippen LogP contribution in [0.4, 0.5) is 14.5 Å². The molecule has 0 spiro atoms. The van der Waals surface area contributed by atoms with Gasteiger partial charge in [-0.2, -0.15) is 0 Å². The maximum Gasteiger partial charge on any atom is 0.123 e. The number of anilines is 1. The first-order valence-electron chi connectivity index (χ1n) is 10.1. The van der Waals surface area contributed by atoms with E-state index in [1.54, 1.807) is 24.3 Å². The molecule has 4 aromatic carbocycles. The lowest BCUT2D eigenvalue weighted by Gasteiger charge is -2.26. The zero-order chi connectivity index (χ0) is 21.5. The van der Waals surface area contributed by atoms with Gasteiger partial charge in [0, 0.05) is 24.2 Å². The van der Waals surface area contributed by atoms with Gasteiger partial charge in [-0.1, -0.05) is 66.4 Å². The Labute approximate surface area is 181 Å². The number of para-hydroxylation sites is 1. The van der Waals surface area contributed by atoms with Crippen LogP contribution in [-0.4, -0.2) is 0 Å². The van der Waals surface area contributed by atoms with E-state index >= 15 is 0 Å². The Balaban J connectivity index is 1.69. The van der Waals surface area contributed by atoms with E-state index in [0.29, 0.717) is 13.1 Å². The van der Waals surface area contributed by atoms with Crippen molar-refractivity contribution in [3.05, 3.63) is 137 Å². The fraction of sp³-hybridized carbons (Fsp3) is 0.0714. The molecule has 0 saturated carbocycles. The van der Waals surface area contributed by atoms with Crippen molar-refractivity contribution in [1.82, 2.24) is 0 Å². The third-order valence-electron chi connectivity index (χ3n) is 4.93. The normalized spacial score (nSPS) is 10.3. The monoisotopic (exact) mass is 409 g/mol. The van der Waals surface area contributed by atoms with Gasteiger partial charge >= 0.3 is 0 Å². The average molecular weight is 409 g/mol. The molecule has 4 aromatic rings. The van der Waals surface area contributed by atoms with E-state index in [0.717, 1.165) is 27.9 Å². The molecule has 0 saturated heterocycles. The number of hydrogen-bond acceptors (Lipinski definition) is 1. The van der Waals surface area contributed by atoms with Crippen LogP contribution in [0.1, 0.15) is 22.3 Å². The van der Waals surface area contributed by atoms with Crippen LogP contribution in [0.5, 0.6) is 0 Å². The fourth-order valence-corrected chi connectivity index (χ4v) is 3.36. The van der Waals surface area contributed by atoms with Crippen molar-refractivity contribution in [2.24, 2.45) is 0 Å². The molecule has 0 heterocycles. The van der Waals surface area contributed by atoms with E-state index in [2.05, 4.69) is 16.7 Å². The molecular weight excluding hydrogens is 388 g/mol. The lowest BCUT2D eigenvalue weighted by atomic mass is 10.1. The van der Waals surface area contributed by atoms with Crippen LogP contribution in [0.15, 0.2) is 103 Å². The Kier molecular flexibility index (Phi) is 6.40. The van der Waals surface area contributed by atoms with Gasteiger partial charge < -0.3 is 4.90 Å². The largest absolute Gasteiger partial charge is 0.362 e. The molecule has 152 valence electrons. The Bertz CT molecular complexity index is 1140. The van der Waals surface area contributed by atoms with E-state index < -0.39 is 0 Å². The lowest BCUT2D eigenvalue weighted by molar-refractivity contribution is 0.626. The van der Waals surface area contributed by atoms with E-state index in [1.165, 1.54) is 24.3 Å². The summed E-state index contributed by atoms with van der Waals surface area (Å²) in [7, 11) is 0. The first kappa shape index (κ1) is 20.4. The van der Waals surface area contributed by atoms with Gasteiger partial charge in [-0.3, -0.25) is 0 Å². The molecule has 0 bridgehead atoms. The van der Waals surface area contributed by atoms with Gasteiger partial charge in [0.15, 0.2) is 0 Å².